The van der Waals surface area contributed by atoms with Crippen LogP contribution in [0.5, 0.6) is 0 Å². The number of halogens is 3. The highest BCUT2D eigenvalue weighted by atomic mass is 19.3. The molecule has 0 bridgehead atoms. The maximum Gasteiger partial charge on any atom is 0.252 e. The Morgan fingerprint density at radius 2 is 1.90 bits per heavy atom. The predicted molar refractivity (Wildman–Crippen MR) is 76.3 cm³/mol. The first-order chi connectivity index (χ1) is 9.82. The van der Waals surface area contributed by atoms with E-state index >= 15 is 0 Å². The van der Waals surface area contributed by atoms with Gasteiger partial charge in [-0.1, -0.05) is 0 Å². The minimum Gasteiger partial charge on any atom is -0.369 e. The van der Waals surface area contributed by atoms with E-state index in [2.05, 4.69) is 5.32 Å². The van der Waals surface area contributed by atoms with Gasteiger partial charge in [-0.05, 0) is 44.9 Å². The molecule has 0 aromatic heterocycles. The van der Waals surface area contributed by atoms with E-state index in [9.17, 15) is 18.0 Å². The summed E-state index contributed by atoms with van der Waals surface area (Å²) in [4.78, 5) is 13.7. The number of nitrogens with one attached hydrogen (secondary N) is 1. The van der Waals surface area contributed by atoms with E-state index in [0.29, 0.717) is 5.69 Å². The number of carbonyl (C=O) groups is 1. The molecule has 3 nitrogen and oxygen atoms in total. The van der Waals surface area contributed by atoms with E-state index in [1.807, 2.05) is 4.90 Å². The Morgan fingerprint density at radius 3 is 2.43 bits per heavy atom. The van der Waals surface area contributed by atoms with Gasteiger partial charge >= 0.3 is 0 Å². The zero-order valence-electron chi connectivity index (χ0n) is 12.1. The van der Waals surface area contributed by atoms with Crippen LogP contribution in [0.3, 0.4) is 0 Å². The fourth-order valence-corrected chi connectivity index (χ4v) is 2.19. The average molecular weight is 300 g/mol. The molecule has 0 unspecified atom stereocenters. The molecule has 1 aliphatic heterocycles. The van der Waals surface area contributed by atoms with Crippen molar-refractivity contribution < 1.29 is 18.0 Å². The lowest BCUT2D eigenvalue weighted by Crippen LogP contribution is -2.36. The summed E-state index contributed by atoms with van der Waals surface area (Å²) < 4.78 is 39.6. The van der Waals surface area contributed by atoms with E-state index in [4.69, 9.17) is 0 Å². The second-order valence-corrected chi connectivity index (χ2v) is 5.84. The number of hydrogen-bond acceptors (Lipinski definition) is 2. The molecular weight excluding hydrogens is 281 g/mol. The molecule has 21 heavy (non-hydrogen) atoms. The van der Waals surface area contributed by atoms with Crippen LogP contribution >= 0.6 is 0 Å². The van der Waals surface area contributed by atoms with Crippen LogP contribution in [0.25, 0.3) is 0 Å². The Kier molecular flexibility index (Phi) is 4.44. The second kappa shape index (κ2) is 5.95. The lowest BCUT2D eigenvalue weighted by molar-refractivity contribution is -0.131. The van der Waals surface area contributed by atoms with Crippen molar-refractivity contribution in [1.82, 2.24) is 0 Å². The standard InChI is InChI=1S/C15H19F3N2O/c1-15(2,13(17)18)14(21)19-10-5-6-12(11(16)9-10)20-7-3-4-8-20/h5-6,9,13H,3-4,7-8H2,1-2H3,(H,19,21). The molecule has 116 valence electrons. The van der Waals surface area contributed by atoms with Crippen LogP contribution in [-0.2, 0) is 4.79 Å². The van der Waals surface area contributed by atoms with Crippen molar-refractivity contribution in [3.63, 3.8) is 0 Å². The van der Waals surface area contributed by atoms with Gasteiger partial charge in [0.05, 0.1) is 5.69 Å². The fraction of sp³-hybridized carbons (Fsp3) is 0.533. The molecule has 0 atom stereocenters. The molecule has 1 amide bonds. The molecule has 1 saturated heterocycles. The largest absolute Gasteiger partial charge is 0.369 e. The van der Waals surface area contributed by atoms with Gasteiger partial charge in [0.25, 0.3) is 6.43 Å². The molecule has 0 radical (unpaired) electrons. The summed E-state index contributed by atoms with van der Waals surface area (Å²) in [5.74, 6) is -1.28. The lowest BCUT2D eigenvalue weighted by atomic mass is 9.93. The van der Waals surface area contributed by atoms with E-state index in [0.717, 1.165) is 39.8 Å². The van der Waals surface area contributed by atoms with E-state index in [1.54, 1.807) is 6.07 Å². The third-order valence-electron chi connectivity index (χ3n) is 3.78. The summed E-state index contributed by atoms with van der Waals surface area (Å²) in [6, 6.07) is 4.29. The first kappa shape index (κ1) is 15.7. The molecule has 0 spiro atoms. The number of nitrogens with zero attached hydrogens (tertiary/aromatic N) is 1. The fourth-order valence-electron chi connectivity index (χ4n) is 2.19. The van der Waals surface area contributed by atoms with Gasteiger partial charge in [0, 0.05) is 18.8 Å². The second-order valence-electron chi connectivity index (χ2n) is 5.84. The Labute approximate surface area is 122 Å². The highest BCUT2D eigenvalue weighted by Crippen LogP contribution is 2.29. The number of anilines is 2. The summed E-state index contributed by atoms with van der Waals surface area (Å²) in [7, 11) is 0. The van der Waals surface area contributed by atoms with Crippen LogP contribution in [0.2, 0.25) is 0 Å². The first-order valence-corrected chi connectivity index (χ1v) is 6.96. The molecule has 1 heterocycles. The highest BCUT2D eigenvalue weighted by Gasteiger charge is 2.37. The van der Waals surface area contributed by atoms with Gasteiger partial charge in [0.15, 0.2) is 0 Å². The molecule has 0 saturated carbocycles. The van der Waals surface area contributed by atoms with Gasteiger partial charge < -0.3 is 10.2 Å². The Hall–Kier alpha value is -1.72. The van der Waals surface area contributed by atoms with Crippen LogP contribution in [0, 0.1) is 11.2 Å². The van der Waals surface area contributed by atoms with Crippen molar-refractivity contribution >= 4 is 17.3 Å². The van der Waals surface area contributed by atoms with Gasteiger partial charge in [-0.15, -0.1) is 0 Å². The molecule has 2 rings (SSSR count). The summed E-state index contributed by atoms with van der Waals surface area (Å²) >= 11 is 0. The third kappa shape index (κ3) is 3.31. The molecular formula is C15H19F3N2O. The molecule has 1 aromatic rings. The minimum atomic E-state index is -2.79. The number of alkyl halides is 2. The van der Waals surface area contributed by atoms with Crippen LogP contribution in [-0.4, -0.2) is 25.4 Å². The summed E-state index contributed by atoms with van der Waals surface area (Å²) in [5.41, 5.74) is -1.14. The van der Waals surface area contributed by atoms with Crippen molar-refractivity contribution in [3.05, 3.63) is 24.0 Å². The Balaban J connectivity index is 2.12. The first-order valence-electron chi connectivity index (χ1n) is 6.96. The third-order valence-corrected chi connectivity index (χ3v) is 3.78. The lowest BCUT2D eigenvalue weighted by Gasteiger charge is -2.23. The molecule has 1 fully saturated rings. The molecule has 1 N–H and O–H groups in total. The number of amides is 1. The topological polar surface area (TPSA) is 32.3 Å². The van der Waals surface area contributed by atoms with Gasteiger partial charge in [-0.3, -0.25) is 4.79 Å². The quantitative estimate of drug-likeness (QED) is 0.920. The maximum atomic E-state index is 14.1. The van der Waals surface area contributed by atoms with Crippen LogP contribution < -0.4 is 10.2 Å². The van der Waals surface area contributed by atoms with E-state index in [1.165, 1.54) is 12.1 Å². The Morgan fingerprint density at radius 1 is 1.29 bits per heavy atom. The Bertz CT molecular complexity index is 526. The maximum absolute atomic E-state index is 14.1. The van der Waals surface area contributed by atoms with Crippen molar-refractivity contribution in [3.8, 4) is 0 Å². The number of rotatable bonds is 4. The van der Waals surface area contributed by atoms with Crippen LogP contribution in [0.15, 0.2) is 18.2 Å². The van der Waals surface area contributed by atoms with Gasteiger partial charge in [-0.2, -0.15) is 0 Å². The zero-order chi connectivity index (χ0) is 15.6. The van der Waals surface area contributed by atoms with Crippen molar-refractivity contribution in [1.29, 1.82) is 0 Å². The van der Waals surface area contributed by atoms with Gasteiger partial charge in [0.2, 0.25) is 5.91 Å². The van der Waals surface area contributed by atoms with Gasteiger partial charge in [0.1, 0.15) is 11.2 Å². The van der Waals surface area contributed by atoms with E-state index in [-0.39, 0.29) is 5.69 Å². The summed E-state index contributed by atoms with van der Waals surface area (Å²) in [5, 5.41) is 2.34. The number of hydrogen-bond donors (Lipinski definition) is 1. The molecule has 1 aromatic carbocycles. The predicted octanol–water partition coefficient (Wildman–Crippen LogP) is 3.66. The summed E-state index contributed by atoms with van der Waals surface area (Å²) in [6.45, 7) is 3.92. The summed E-state index contributed by atoms with van der Waals surface area (Å²) in [6.07, 6.45) is -0.729. The SMILES string of the molecule is CC(C)(C(=O)Nc1ccc(N2CCCC2)c(F)c1)C(F)F. The monoisotopic (exact) mass is 300 g/mol. The normalized spacial score (nSPS) is 15.6. The molecule has 0 aliphatic carbocycles. The average Bonchev–Trinajstić information content (AvgIpc) is 2.92. The molecule has 6 heteroatoms. The number of carbonyl (C=O) groups excluding carboxylic acids is 1. The minimum absolute atomic E-state index is 0.189. The van der Waals surface area contributed by atoms with Crippen LogP contribution in [0.4, 0.5) is 24.5 Å². The van der Waals surface area contributed by atoms with Crippen molar-refractivity contribution in [2.24, 2.45) is 5.41 Å². The molecule has 1 aliphatic rings. The zero-order valence-corrected chi connectivity index (χ0v) is 12.1. The van der Waals surface area contributed by atoms with Gasteiger partial charge in [-0.25, -0.2) is 13.2 Å². The van der Waals surface area contributed by atoms with E-state index < -0.39 is 23.6 Å². The van der Waals surface area contributed by atoms with Crippen molar-refractivity contribution in [2.45, 2.75) is 33.1 Å². The smallest absolute Gasteiger partial charge is 0.252 e. The van der Waals surface area contributed by atoms with Crippen LogP contribution in [0.1, 0.15) is 26.7 Å². The highest BCUT2D eigenvalue weighted by molar-refractivity contribution is 5.95. The number of benzene rings is 1. The van der Waals surface area contributed by atoms with Crippen molar-refractivity contribution in [2.75, 3.05) is 23.3 Å².